The fraction of sp³-hybridized carbons (Fsp3) is 0.727. The summed E-state index contributed by atoms with van der Waals surface area (Å²) in [7, 11) is 1.37. The predicted octanol–water partition coefficient (Wildman–Crippen LogP) is 2.73. The van der Waals surface area contributed by atoms with E-state index in [2.05, 4.69) is 15.2 Å². The molecule has 110 valence electrons. The van der Waals surface area contributed by atoms with Gasteiger partial charge in [0.05, 0.1) is 13.7 Å². The number of amidine groups is 1. The summed E-state index contributed by atoms with van der Waals surface area (Å²) < 4.78 is 16.0. The molecule has 0 spiro atoms. The van der Waals surface area contributed by atoms with Crippen molar-refractivity contribution >= 4 is 24.4 Å². The van der Waals surface area contributed by atoms with E-state index in [0.717, 1.165) is 11.5 Å². The molecule has 19 heavy (non-hydrogen) atoms. The minimum absolute atomic E-state index is 0.267. The predicted molar refractivity (Wildman–Crippen MR) is 78.0 cm³/mol. The Bertz CT molecular complexity index is 401. The first-order chi connectivity index (χ1) is 8.90. The Hall–Kier alpha value is -0.300. The van der Waals surface area contributed by atoms with Gasteiger partial charge in [-0.3, -0.25) is 4.52 Å². The topological polar surface area (TPSA) is 61.3 Å². The van der Waals surface area contributed by atoms with Crippen LogP contribution in [0.4, 0.5) is 0 Å². The number of hydrogen-bond acceptors (Lipinski definition) is 7. The molecule has 0 fully saturated rings. The summed E-state index contributed by atoms with van der Waals surface area (Å²) in [5, 5.41) is 3.15. The van der Waals surface area contributed by atoms with Crippen LogP contribution < -0.4 is 5.32 Å². The van der Waals surface area contributed by atoms with Crippen molar-refractivity contribution in [2.45, 2.75) is 33.9 Å². The van der Waals surface area contributed by atoms with E-state index in [1.807, 2.05) is 33.8 Å². The molecule has 0 amide bonds. The molecule has 6 nitrogen and oxygen atoms in total. The van der Waals surface area contributed by atoms with Gasteiger partial charge in [-0.25, -0.2) is 9.88 Å². The van der Waals surface area contributed by atoms with Crippen molar-refractivity contribution in [1.82, 2.24) is 5.32 Å². The normalized spacial score (nSPS) is 22.5. The Morgan fingerprint density at radius 3 is 2.74 bits per heavy atom. The maximum Gasteiger partial charge on any atom is 0.357 e. The lowest BCUT2D eigenvalue weighted by Crippen LogP contribution is -2.40. The van der Waals surface area contributed by atoms with Gasteiger partial charge >= 0.3 is 6.72 Å². The Labute approximate surface area is 119 Å². The zero-order chi connectivity index (χ0) is 14.5. The smallest absolute Gasteiger partial charge is 0.344 e. The minimum atomic E-state index is -2.92. The molecule has 1 heterocycles. The van der Waals surface area contributed by atoms with Crippen LogP contribution in [-0.4, -0.2) is 25.8 Å². The average Bonchev–Trinajstić information content (AvgIpc) is 2.28. The Balaban J connectivity index is 2.77. The van der Waals surface area contributed by atoms with Crippen LogP contribution in [0.1, 0.15) is 27.7 Å². The van der Waals surface area contributed by atoms with Gasteiger partial charge in [0.15, 0.2) is 6.23 Å². The molecular weight excluding hydrogens is 287 g/mol. The van der Waals surface area contributed by atoms with E-state index in [0.29, 0.717) is 6.61 Å². The van der Waals surface area contributed by atoms with Gasteiger partial charge in [-0.2, -0.15) is 0 Å². The molecule has 1 rings (SSSR count). The van der Waals surface area contributed by atoms with Crippen LogP contribution in [0.25, 0.3) is 0 Å². The van der Waals surface area contributed by atoms with E-state index in [1.54, 1.807) is 0 Å². The third-order valence-corrected chi connectivity index (χ3v) is 4.37. The highest BCUT2D eigenvalue weighted by molar-refractivity contribution is 8.07. The van der Waals surface area contributed by atoms with E-state index >= 15 is 0 Å². The van der Waals surface area contributed by atoms with Gasteiger partial charge in [-0.1, -0.05) is 13.8 Å². The molecule has 0 radical (unpaired) electrons. The zero-order valence-electron chi connectivity index (χ0n) is 11.9. The molecule has 0 saturated heterocycles. The summed E-state index contributed by atoms with van der Waals surface area (Å²) in [6.45, 7) is 5.29. The van der Waals surface area contributed by atoms with Gasteiger partial charge in [0.1, 0.15) is 5.84 Å². The number of rotatable bonds is 7. The van der Waals surface area contributed by atoms with Crippen LogP contribution in [0, 0.1) is 5.92 Å². The first-order valence-electron chi connectivity index (χ1n) is 6.09. The van der Waals surface area contributed by atoms with Crippen LogP contribution in [-0.2, 0) is 30.4 Å². The van der Waals surface area contributed by atoms with Crippen molar-refractivity contribution in [1.29, 1.82) is 0 Å². The first kappa shape index (κ1) is 16.8. The molecule has 0 aromatic heterocycles. The van der Waals surface area contributed by atoms with Gasteiger partial charge in [0.2, 0.25) is 0 Å². The summed E-state index contributed by atoms with van der Waals surface area (Å²) in [6.07, 6.45) is 1.40. The van der Waals surface area contributed by atoms with Gasteiger partial charge in [-0.05, 0) is 31.7 Å². The maximum absolute atomic E-state index is 5.70. The van der Waals surface area contributed by atoms with Crippen molar-refractivity contribution in [3.8, 4) is 0 Å². The average molecular weight is 308 g/mol. The molecule has 0 aromatic carbocycles. The number of aliphatic imine (C=N–C) groups is 1. The summed E-state index contributed by atoms with van der Waals surface area (Å²) in [5.41, 5.74) is 0.864. The van der Waals surface area contributed by atoms with Gasteiger partial charge in [-0.15, -0.1) is 4.67 Å². The van der Waals surface area contributed by atoms with Gasteiger partial charge in [0.25, 0.3) is 0 Å². The molecule has 2 atom stereocenters. The maximum atomic E-state index is 5.70. The molecular formula is C11H21N2O4PS. The fourth-order valence-electron chi connectivity index (χ4n) is 1.48. The van der Waals surface area contributed by atoms with Gasteiger partial charge in [0, 0.05) is 11.6 Å². The highest BCUT2D eigenvalue weighted by Crippen LogP contribution is 2.51. The largest absolute Gasteiger partial charge is 0.357 e. The molecule has 0 bridgehead atoms. The number of nitrogens with one attached hydrogen (secondary N) is 1. The van der Waals surface area contributed by atoms with Gasteiger partial charge < -0.3 is 9.84 Å². The molecule has 0 aliphatic carbocycles. The molecule has 0 saturated carbocycles. The lowest BCUT2D eigenvalue weighted by Gasteiger charge is -2.28. The lowest BCUT2D eigenvalue weighted by atomic mass is 10.1. The standard InChI is InChI=1S/C11H21N2O4PS/c1-6-15-18(19,17-14-5)16-10-7-9(4)12-11(13-10)8(2)3/h7-8,10H,6H2,1-5H3,(H,12,13). The van der Waals surface area contributed by atoms with Crippen LogP contribution in [0.2, 0.25) is 0 Å². The number of hydrogen-bond donors (Lipinski definition) is 1. The van der Waals surface area contributed by atoms with Crippen molar-refractivity contribution in [3.63, 3.8) is 0 Å². The highest BCUT2D eigenvalue weighted by atomic mass is 32.5. The van der Waals surface area contributed by atoms with Crippen molar-refractivity contribution in [2.24, 2.45) is 10.9 Å². The van der Waals surface area contributed by atoms with Crippen LogP contribution >= 0.6 is 6.72 Å². The van der Waals surface area contributed by atoms with Crippen LogP contribution in [0.5, 0.6) is 0 Å². The number of nitrogens with zero attached hydrogens (tertiary/aromatic N) is 1. The molecule has 0 aromatic rings. The monoisotopic (exact) mass is 308 g/mol. The Morgan fingerprint density at radius 2 is 2.21 bits per heavy atom. The third-order valence-electron chi connectivity index (χ3n) is 2.22. The summed E-state index contributed by atoms with van der Waals surface area (Å²) >= 11 is 5.23. The molecule has 2 unspecified atom stereocenters. The van der Waals surface area contributed by atoms with Crippen molar-refractivity contribution in [3.05, 3.63) is 11.8 Å². The van der Waals surface area contributed by atoms with Crippen LogP contribution in [0.3, 0.4) is 0 Å². The minimum Gasteiger partial charge on any atom is -0.344 e. The summed E-state index contributed by atoms with van der Waals surface area (Å²) in [6, 6.07) is 0. The SMILES string of the molecule is CCOP(=S)(OOC)OC1C=C(C)N=C(C(C)C)N1. The van der Waals surface area contributed by atoms with Crippen molar-refractivity contribution in [2.75, 3.05) is 13.7 Å². The molecule has 1 aliphatic rings. The molecule has 8 heteroatoms. The molecule has 1 aliphatic heterocycles. The Morgan fingerprint density at radius 1 is 1.53 bits per heavy atom. The second kappa shape index (κ2) is 7.47. The summed E-state index contributed by atoms with van der Waals surface area (Å²) in [5.74, 6) is 1.11. The summed E-state index contributed by atoms with van der Waals surface area (Å²) in [4.78, 5) is 9.02. The van der Waals surface area contributed by atoms with Crippen LogP contribution in [0.15, 0.2) is 16.8 Å². The third kappa shape index (κ3) is 5.30. The van der Waals surface area contributed by atoms with E-state index in [9.17, 15) is 0 Å². The second-order valence-corrected chi connectivity index (χ2v) is 7.09. The zero-order valence-corrected chi connectivity index (χ0v) is 13.6. The van der Waals surface area contributed by atoms with E-state index in [-0.39, 0.29) is 5.92 Å². The lowest BCUT2D eigenvalue weighted by molar-refractivity contribution is -0.193. The van der Waals surface area contributed by atoms with E-state index in [1.165, 1.54) is 7.11 Å². The van der Waals surface area contributed by atoms with E-state index in [4.69, 9.17) is 25.5 Å². The highest BCUT2D eigenvalue weighted by Gasteiger charge is 2.28. The second-order valence-electron chi connectivity index (χ2n) is 4.24. The molecule has 1 N–H and O–H groups in total. The fourth-order valence-corrected chi connectivity index (χ4v) is 3.28. The quantitative estimate of drug-likeness (QED) is 0.443. The van der Waals surface area contributed by atoms with E-state index < -0.39 is 12.9 Å². The number of allylic oxidation sites excluding steroid dienone is 1. The van der Waals surface area contributed by atoms with Crippen molar-refractivity contribution < 1.29 is 18.6 Å². The Kier molecular flexibility index (Phi) is 6.59. The first-order valence-corrected chi connectivity index (χ1v) is 8.64.